The number of nitrogens with zero attached hydrogens (tertiary/aromatic N) is 1. The van der Waals surface area contributed by atoms with E-state index in [2.05, 4.69) is 10.0 Å². The molecule has 0 aliphatic carbocycles. The maximum atomic E-state index is 13.0. The van der Waals surface area contributed by atoms with Crippen LogP contribution in [0.5, 0.6) is 5.75 Å². The fourth-order valence-electron chi connectivity index (χ4n) is 3.15. The van der Waals surface area contributed by atoms with E-state index in [1.807, 2.05) is 44.1 Å². The van der Waals surface area contributed by atoms with Crippen molar-refractivity contribution in [3.05, 3.63) is 82.4 Å². The molecule has 0 bridgehead atoms. The van der Waals surface area contributed by atoms with Gasteiger partial charge >= 0.3 is 0 Å². The molecule has 0 aromatic heterocycles. The number of benzene rings is 3. The van der Waals surface area contributed by atoms with Crippen LogP contribution in [0.25, 0.3) is 0 Å². The van der Waals surface area contributed by atoms with Gasteiger partial charge in [-0.1, -0.05) is 23.7 Å². The zero-order chi connectivity index (χ0) is 24.2. The zero-order valence-corrected chi connectivity index (χ0v) is 20.4. The summed E-state index contributed by atoms with van der Waals surface area (Å²) in [5.41, 5.74) is 3.48. The summed E-state index contributed by atoms with van der Waals surface area (Å²) in [5.74, 6) is -0.283. The standard InChI is InChI=1S/C24H26ClN3O4S/c1-16-13-20(28(2)3)10-11-21(16)27-24(29)18-7-12-22(32-4)23(14-18)33(30,31)26-15-17-5-8-19(25)9-6-17/h5-14,26H,15H2,1-4H3,(H,27,29). The first kappa shape index (κ1) is 24.6. The molecule has 0 radical (unpaired) electrons. The van der Waals surface area contributed by atoms with E-state index in [-0.39, 0.29) is 22.8 Å². The number of ether oxygens (including phenoxy) is 1. The number of halogens is 1. The smallest absolute Gasteiger partial charge is 0.255 e. The summed E-state index contributed by atoms with van der Waals surface area (Å²) >= 11 is 5.88. The number of amides is 1. The second-order valence-corrected chi connectivity index (χ2v) is 9.84. The highest BCUT2D eigenvalue weighted by atomic mass is 35.5. The van der Waals surface area contributed by atoms with Crippen LogP contribution in [0, 0.1) is 6.92 Å². The number of rotatable bonds is 8. The van der Waals surface area contributed by atoms with Gasteiger partial charge in [0, 0.05) is 42.6 Å². The van der Waals surface area contributed by atoms with Crippen LogP contribution >= 0.6 is 11.6 Å². The fraction of sp³-hybridized carbons (Fsp3) is 0.208. The van der Waals surface area contributed by atoms with Crippen molar-refractivity contribution in [2.45, 2.75) is 18.4 Å². The van der Waals surface area contributed by atoms with Crippen molar-refractivity contribution >= 4 is 38.9 Å². The van der Waals surface area contributed by atoms with E-state index in [4.69, 9.17) is 16.3 Å². The van der Waals surface area contributed by atoms with Crippen molar-refractivity contribution in [1.82, 2.24) is 4.72 Å². The summed E-state index contributed by atoms with van der Waals surface area (Å²) in [6, 6.07) is 16.8. The summed E-state index contributed by atoms with van der Waals surface area (Å²) in [6.07, 6.45) is 0. The Balaban J connectivity index is 1.83. The van der Waals surface area contributed by atoms with Crippen LogP contribution in [0.15, 0.2) is 65.6 Å². The molecule has 2 N–H and O–H groups in total. The molecule has 0 atom stereocenters. The molecule has 0 unspecified atom stereocenters. The Labute approximate surface area is 199 Å². The lowest BCUT2D eigenvalue weighted by Gasteiger charge is -2.16. The summed E-state index contributed by atoms with van der Waals surface area (Å²) in [5, 5.41) is 3.41. The van der Waals surface area contributed by atoms with Gasteiger partial charge in [-0.2, -0.15) is 0 Å². The zero-order valence-electron chi connectivity index (χ0n) is 18.8. The van der Waals surface area contributed by atoms with Gasteiger partial charge in [0.2, 0.25) is 10.0 Å². The summed E-state index contributed by atoms with van der Waals surface area (Å²) in [7, 11) is 1.30. The van der Waals surface area contributed by atoms with E-state index in [9.17, 15) is 13.2 Å². The van der Waals surface area contributed by atoms with Gasteiger partial charge in [0.15, 0.2) is 0 Å². The predicted molar refractivity (Wildman–Crippen MR) is 132 cm³/mol. The maximum Gasteiger partial charge on any atom is 0.255 e. The molecule has 0 fully saturated rings. The average Bonchev–Trinajstić information content (AvgIpc) is 2.79. The molecule has 174 valence electrons. The van der Waals surface area contributed by atoms with Gasteiger partial charge < -0.3 is 15.0 Å². The molecular formula is C24H26ClN3O4S. The van der Waals surface area contributed by atoms with E-state index in [0.717, 1.165) is 16.8 Å². The maximum absolute atomic E-state index is 13.0. The first-order chi connectivity index (χ1) is 15.6. The van der Waals surface area contributed by atoms with Crippen LogP contribution in [0.4, 0.5) is 11.4 Å². The summed E-state index contributed by atoms with van der Waals surface area (Å²) in [4.78, 5) is 14.7. The largest absolute Gasteiger partial charge is 0.495 e. The van der Waals surface area contributed by atoms with Crippen molar-refractivity contribution in [3.8, 4) is 5.75 Å². The number of hydrogen-bond donors (Lipinski definition) is 2. The summed E-state index contributed by atoms with van der Waals surface area (Å²) < 4.78 is 33.7. The Morgan fingerprint density at radius 2 is 1.73 bits per heavy atom. The third kappa shape index (κ3) is 6.04. The first-order valence-electron chi connectivity index (χ1n) is 10.1. The number of sulfonamides is 1. The molecule has 0 spiro atoms. The van der Waals surface area contributed by atoms with Crippen LogP contribution in [0.1, 0.15) is 21.5 Å². The van der Waals surface area contributed by atoms with E-state index in [0.29, 0.717) is 10.7 Å². The normalized spacial score (nSPS) is 11.2. The third-order valence-electron chi connectivity index (χ3n) is 5.07. The quantitative estimate of drug-likeness (QED) is 0.490. The van der Waals surface area contributed by atoms with Crippen LogP contribution in [0.2, 0.25) is 5.02 Å². The number of methoxy groups -OCH3 is 1. The van der Waals surface area contributed by atoms with E-state index < -0.39 is 15.9 Å². The average molecular weight is 488 g/mol. The van der Waals surface area contributed by atoms with Gasteiger partial charge in [0.05, 0.1) is 7.11 Å². The molecular weight excluding hydrogens is 462 g/mol. The van der Waals surface area contributed by atoms with Gasteiger partial charge in [0.1, 0.15) is 10.6 Å². The van der Waals surface area contributed by atoms with Crippen molar-refractivity contribution in [2.24, 2.45) is 0 Å². The van der Waals surface area contributed by atoms with Gasteiger partial charge in [-0.05, 0) is 66.6 Å². The topological polar surface area (TPSA) is 87.7 Å². The highest BCUT2D eigenvalue weighted by Crippen LogP contribution is 2.27. The lowest BCUT2D eigenvalue weighted by molar-refractivity contribution is 0.102. The lowest BCUT2D eigenvalue weighted by Crippen LogP contribution is -2.24. The number of aryl methyl sites for hydroxylation is 1. The van der Waals surface area contributed by atoms with Crippen LogP contribution in [-0.2, 0) is 16.6 Å². The predicted octanol–water partition coefficient (Wildman–Crippen LogP) is 4.45. The Morgan fingerprint density at radius 1 is 1.03 bits per heavy atom. The Hall–Kier alpha value is -3.07. The lowest BCUT2D eigenvalue weighted by atomic mass is 10.1. The molecule has 3 aromatic carbocycles. The van der Waals surface area contributed by atoms with Gasteiger partial charge in [-0.15, -0.1) is 0 Å². The van der Waals surface area contributed by atoms with Gasteiger partial charge in [-0.3, -0.25) is 4.79 Å². The number of nitrogens with one attached hydrogen (secondary N) is 2. The molecule has 0 saturated carbocycles. The monoisotopic (exact) mass is 487 g/mol. The molecule has 3 aromatic rings. The van der Waals surface area contributed by atoms with E-state index in [1.54, 1.807) is 24.3 Å². The molecule has 0 saturated heterocycles. The Morgan fingerprint density at radius 3 is 2.33 bits per heavy atom. The molecule has 0 heterocycles. The van der Waals surface area contributed by atoms with Crippen LogP contribution in [-0.4, -0.2) is 35.5 Å². The van der Waals surface area contributed by atoms with Gasteiger partial charge in [-0.25, -0.2) is 13.1 Å². The van der Waals surface area contributed by atoms with Crippen molar-refractivity contribution in [3.63, 3.8) is 0 Å². The van der Waals surface area contributed by atoms with E-state index in [1.165, 1.54) is 25.3 Å². The van der Waals surface area contributed by atoms with Gasteiger partial charge in [0.25, 0.3) is 5.91 Å². The molecule has 0 aliphatic heterocycles. The second kappa shape index (κ2) is 10.2. The number of carbonyl (C=O) groups is 1. The molecule has 0 aliphatic rings. The highest BCUT2D eigenvalue weighted by molar-refractivity contribution is 7.89. The first-order valence-corrected chi connectivity index (χ1v) is 12.0. The van der Waals surface area contributed by atoms with Crippen molar-refractivity contribution in [1.29, 1.82) is 0 Å². The molecule has 3 rings (SSSR count). The molecule has 7 nitrogen and oxygen atoms in total. The minimum atomic E-state index is -3.96. The second-order valence-electron chi connectivity index (χ2n) is 7.66. The Bertz CT molecular complexity index is 1260. The van der Waals surface area contributed by atoms with Crippen molar-refractivity contribution in [2.75, 3.05) is 31.4 Å². The molecule has 9 heteroatoms. The molecule has 1 amide bonds. The van der Waals surface area contributed by atoms with Crippen molar-refractivity contribution < 1.29 is 17.9 Å². The SMILES string of the molecule is COc1ccc(C(=O)Nc2ccc(N(C)C)cc2C)cc1S(=O)(=O)NCc1ccc(Cl)cc1. The Kier molecular flexibility index (Phi) is 7.63. The fourth-order valence-corrected chi connectivity index (χ4v) is 4.48. The third-order valence-corrected chi connectivity index (χ3v) is 6.74. The van der Waals surface area contributed by atoms with Crippen LogP contribution < -0.4 is 19.7 Å². The number of anilines is 2. The number of hydrogen-bond acceptors (Lipinski definition) is 5. The minimum absolute atomic E-state index is 0.0660. The van der Waals surface area contributed by atoms with Crippen LogP contribution in [0.3, 0.4) is 0 Å². The highest BCUT2D eigenvalue weighted by Gasteiger charge is 2.22. The summed E-state index contributed by atoms with van der Waals surface area (Å²) in [6.45, 7) is 1.96. The molecule has 33 heavy (non-hydrogen) atoms. The van der Waals surface area contributed by atoms with E-state index >= 15 is 0 Å². The minimum Gasteiger partial charge on any atom is -0.495 e. The number of carbonyl (C=O) groups excluding carboxylic acids is 1.